The number of aryl methyl sites for hydroxylation is 1. The molecule has 0 aliphatic carbocycles. The van der Waals surface area contributed by atoms with Crippen LogP contribution in [0.4, 0.5) is 8.78 Å². The molecular formula is C34H28F2N4O8. The minimum Gasteiger partial charge on any atom is -0.494 e. The minimum atomic E-state index is -3.86. The third-order valence-corrected chi connectivity index (χ3v) is 8.52. The van der Waals surface area contributed by atoms with E-state index in [1.807, 2.05) is 0 Å². The number of halogens is 2. The molecule has 48 heavy (non-hydrogen) atoms. The van der Waals surface area contributed by atoms with E-state index in [1.54, 1.807) is 44.2 Å². The fourth-order valence-corrected chi connectivity index (χ4v) is 5.85. The maximum atomic E-state index is 13.9. The molecule has 2 atom stereocenters. The predicted octanol–water partition coefficient (Wildman–Crippen LogP) is 4.33. The number of fused-ring (bicyclic) bond motifs is 3. The van der Waals surface area contributed by atoms with Gasteiger partial charge < -0.3 is 39.5 Å². The molecule has 0 saturated heterocycles. The molecule has 0 bridgehead atoms. The zero-order chi connectivity index (χ0) is 34.0. The first-order chi connectivity index (χ1) is 22.8. The van der Waals surface area contributed by atoms with Gasteiger partial charge in [-0.05, 0) is 48.9 Å². The summed E-state index contributed by atoms with van der Waals surface area (Å²) in [6.07, 6.45) is -3.86. The second-order valence-electron chi connectivity index (χ2n) is 11.7. The highest BCUT2D eigenvalue weighted by atomic mass is 19.3. The van der Waals surface area contributed by atoms with Crippen LogP contribution in [0.1, 0.15) is 40.0 Å². The largest absolute Gasteiger partial charge is 0.586 e. The van der Waals surface area contributed by atoms with Crippen molar-refractivity contribution in [1.82, 2.24) is 15.3 Å². The number of alkyl halides is 2. The number of benzene rings is 3. The molecule has 4 N–H and O–H groups in total. The van der Waals surface area contributed by atoms with Gasteiger partial charge in [0, 0.05) is 23.6 Å². The molecule has 0 fully saturated rings. The van der Waals surface area contributed by atoms with Crippen molar-refractivity contribution in [2.24, 2.45) is 5.73 Å². The van der Waals surface area contributed by atoms with E-state index in [1.165, 1.54) is 43.5 Å². The molecular weight excluding hydrogens is 630 g/mol. The summed E-state index contributed by atoms with van der Waals surface area (Å²) >= 11 is 0. The summed E-state index contributed by atoms with van der Waals surface area (Å²) in [7, 11) is 1.45. The average Bonchev–Trinajstić information content (AvgIpc) is 3.73. The van der Waals surface area contributed by atoms with Crippen molar-refractivity contribution in [2.75, 3.05) is 20.3 Å². The third-order valence-electron chi connectivity index (χ3n) is 8.52. The highest BCUT2D eigenvalue weighted by molar-refractivity contribution is 5.99. The van der Waals surface area contributed by atoms with Crippen LogP contribution in [-0.2, 0) is 15.8 Å². The normalized spacial score (nSPS) is 18.5. The summed E-state index contributed by atoms with van der Waals surface area (Å²) in [6.45, 7) is 2.74. The molecule has 3 aromatic carbocycles. The van der Waals surface area contributed by atoms with Crippen molar-refractivity contribution < 1.29 is 46.8 Å². The first-order valence-electron chi connectivity index (χ1n) is 14.7. The van der Waals surface area contributed by atoms with Gasteiger partial charge in [0.1, 0.15) is 34.8 Å². The van der Waals surface area contributed by atoms with Crippen LogP contribution in [0, 0.1) is 6.92 Å². The zero-order valence-electron chi connectivity index (χ0n) is 25.8. The third kappa shape index (κ3) is 5.01. The summed E-state index contributed by atoms with van der Waals surface area (Å²) in [6, 6.07) is 17.0. The summed E-state index contributed by atoms with van der Waals surface area (Å²) < 4.78 is 53.9. The fourth-order valence-electron chi connectivity index (χ4n) is 5.85. The van der Waals surface area contributed by atoms with E-state index in [2.05, 4.69) is 19.8 Å². The van der Waals surface area contributed by atoms with Crippen LogP contribution in [0.2, 0.25) is 0 Å². The molecule has 0 unspecified atom stereocenters. The Morgan fingerprint density at radius 3 is 2.54 bits per heavy atom. The molecule has 7 rings (SSSR count). The number of hydrogen-bond acceptors (Lipinski definition) is 10. The SMILES string of the molecule is COc1cc(C(=O)NC[C@@](O)(c2ccccc2)c2cc3c(c(-c4ccc5c(c4)OC(F)(F)O5)n2)OC[C@]3(C)C(N)=O)cc2oc(C)nc12. The second kappa shape index (κ2) is 10.9. The number of nitrogens with two attached hydrogens (primary N) is 1. The lowest BCUT2D eigenvalue weighted by Gasteiger charge is -2.30. The van der Waals surface area contributed by atoms with Crippen LogP contribution < -0.4 is 30.0 Å². The van der Waals surface area contributed by atoms with Crippen LogP contribution >= 0.6 is 0 Å². The summed E-state index contributed by atoms with van der Waals surface area (Å²) in [5.74, 6) is -0.800. The number of ether oxygens (including phenoxy) is 4. The lowest BCUT2D eigenvalue weighted by atomic mass is 9.80. The van der Waals surface area contributed by atoms with Crippen molar-refractivity contribution in [3.63, 3.8) is 0 Å². The van der Waals surface area contributed by atoms with E-state index in [0.29, 0.717) is 33.9 Å². The first-order valence-corrected chi connectivity index (χ1v) is 14.7. The summed E-state index contributed by atoms with van der Waals surface area (Å²) in [4.78, 5) is 35.4. The maximum absolute atomic E-state index is 13.9. The molecule has 2 aliphatic heterocycles. The number of aliphatic hydroxyl groups is 1. The number of pyridine rings is 1. The zero-order valence-corrected chi connectivity index (χ0v) is 25.8. The van der Waals surface area contributed by atoms with E-state index >= 15 is 0 Å². The Hall–Kier alpha value is -5.76. The number of carbonyl (C=O) groups is 2. The van der Waals surface area contributed by atoms with Crippen LogP contribution in [0.3, 0.4) is 0 Å². The smallest absolute Gasteiger partial charge is 0.494 e. The Bertz CT molecular complexity index is 2120. The number of carbonyl (C=O) groups excluding carboxylic acids is 2. The number of aromatic nitrogens is 2. The Kier molecular flexibility index (Phi) is 7.02. The van der Waals surface area contributed by atoms with E-state index in [4.69, 9.17) is 24.6 Å². The Morgan fingerprint density at radius 1 is 1.06 bits per heavy atom. The summed E-state index contributed by atoms with van der Waals surface area (Å²) in [5.41, 5.74) is 4.54. The molecule has 14 heteroatoms. The highest BCUT2D eigenvalue weighted by Crippen LogP contribution is 2.49. The van der Waals surface area contributed by atoms with Crippen molar-refractivity contribution in [3.05, 3.63) is 95.0 Å². The van der Waals surface area contributed by atoms with Crippen molar-refractivity contribution in [3.8, 4) is 34.3 Å². The average molecular weight is 659 g/mol. The minimum absolute atomic E-state index is 0.0163. The number of nitrogens with zero attached hydrogens (tertiary/aromatic N) is 2. The number of nitrogens with one attached hydrogen (secondary N) is 1. The van der Waals surface area contributed by atoms with Crippen molar-refractivity contribution in [2.45, 2.75) is 31.2 Å². The lowest BCUT2D eigenvalue weighted by Crippen LogP contribution is -2.43. The number of amides is 2. The molecule has 4 heterocycles. The molecule has 246 valence electrons. The van der Waals surface area contributed by atoms with Crippen molar-refractivity contribution in [1.29, 1.82) is 0 Å². The topological polar surface area (TPSA) is 168 Å². The van der Waals surface area contributed by atoms with Gasteiger partial charge in [-0.25, -0.2) is 9.97 Å². The fraction of sp³-hybridized carbons (Fsp3) is 0.235. The highest BCUT2D eigenvalue weighted by Gasteiger charge is 2.47. The van der Waals surface area contributed by atoms with Crippen LogP contribution in [-0.4, -0.2) is 53.4 Å². The maximum Gasteiger partial charge on any atom is 0.586 e. The standard InChI is InChI=1S/C34H28F2N4O8/c1-17-39-28-24(44-3)12-19(13-25(28)46-17)30(41)38-15-33(43,20-7-5-4-6-8-20)26-14-21-29(45-16-32(21,2)31(37)42)27(40-26)18-9-10-22-23(11-18)48-34(35,36)47-22/h4-14,43H,15-16H2,1-3H3,(H2,37,42)(H,38,41)/t32-,33+/m0/s1. The van der Waals surface area contributed by atoms with E-state index in [-0.39, 0.29) is 46.4 Å². The van der Waals surface area contributed by atoms with Crippen molar-refractivity contribution >= 4 is 22.9 Å². The van der Waals surface area contributed by atoms with Gasteiger partial charge in [-0.15, -0.1) is 8.78 Å². The quantitative estimate of drug-likeness (QED) is 0.218. The van der Waals surface area contributed by atoms with Crippen LogP contribution in [0.5, 0.6) is 23.0 Å². The second-order valence-corrected chi connectivity index (χ2v) is 11.7. The van der Waals surface area contributed by atoms with Gasteiger partial charge >= 0.3 is 6.29 Å². The van der Waals surface area contributed by atoms with Crippen LogP contribution in [0.15, 0.2) is 71.1 Å². The van der Waals surface area contributed by atoms with E-state index in [0.717, 1.165) is 0 Å². The number of hydrogen-bond donors (Lipinski definition) is 3. The van der Waals surface area contributed by atoms with E-state index in [9.17, 15) is 23.5 Å². The number of primary amides is 1. The number of methoxy groups -OCH3 is 1. The van der Waals surface area contributed by atoms with Gasteiger partial charge in [0.2, 0.25) is 5.91 Å². The summed E-state index contributed by atoms with van der Waals surface area (Å²) in [5, 5.41) is 15.3. The monoisotopic (exact) mass is 658 g/mol. The molecule has 2 amide bonds. The number of rotatable bonds is 8. The predicted molar refractivity (Wildman–Crippen MR) is 165 cm³/mol. The van der Waals surface area contributed by atoms with Gasteiger partial charge in [0.15, 0.2) is 28.5 Å². The Labute approximate surface area is 271 Å². The molecule has 0 spiro atoms. The number of oxazole rings is 1. The molecule has 2 aliphatic rings. The van der Waals surface area contributed by atoms with Gasteiger partial charge in [-0.3, -0.25) is 9.59 Å². The first kappa shape index (κ1) is 30.9. The van der Waals surface area contributed by atoms with Gasteiger partial charge in [0.05, 0.1) is 19.3 Å². The van der Waals surface area contributed by atoms with Crippen LogP contribution in [0.25, 0.3) is 22.4 Å². The molecule has 5 aromatic rings. The Morgan fingerprint density at radius 2 is 1.81 bits per heavy atom. The Balaban J connectivity index is 1.34. The molecule has 12 nitrogen and oxygen atoms in total. The van der Waals surface area contributed by atoms with Gasteiger partial charge in [0.25, 0.3) is 5.91 Å². The van der Waals surface area contributed by atoms with Gasteiger partial charge in [-0.1, -0.05) is 30.3 Å². The molecule has 2 aromatic heterocycles. The van der Waals surface area contributed by atoms with Gasteiger partial charge in [-0.2, -0.15) is 0 Å². The molecule has 0 radical (unpaired) electrons. The lowest BCUT2D eigenvalue weighted by molar-refractivity contribution is -0.286. The van der Waals surface area contributed by atoms with E-state index < -0.39 is 35.7 Å². The molecule has 0 saturated carbocycles.